The number of piperazine rings is 1. The predicted octanol–water partition coefficient (Wildman–Crippen LogP) is 3.20. The van der Waals surface area contributed by atoms with Crippen LogP contribution in [0.3, 0.4) is 0 Å². The fourth-order valence-electron chi connectivity index (χ4n) is 3.39. The van der Waals surface area contributed by atoms with Gasteiger partial charge in [-0.05, 0) is 43.5 Å². The minimum absolute atomic E-state index is 0. The van der Waals surface area contributed by atoms with Crippen molar-refractivity contribution < 1.29 is 4.79 Å². The van der Waals surface area contributed by atoms with Crippen LogP contribution in [-0.2, 0) is 0 Å². The van der Waals surface area contributed by atoms with E-state index in [9.17, 15) is 4.79 Å². The van der Waals surface area contributed by atoms with E-state index in [1.807, 2.05) is 17.4 Å². The maximum atomic E-state index is 12.2. The molecule has 0 aliphatic carbocycles. The second-order valence-corrected chi connectivity index (χ2v) is 8.19. The number of aryl methyl sites for hydroxylation is 1. The second-order valence-electron chi connectivity index (χ2n) is 7.07. The molecule has 1 aliphatic rings. The molecule has 8 heteroatoms. The van der Waals surface area contributed by atoms with E-state index in [2.05, 4.69) is 38.5 Å². The Hall–Kier alpha value is -1.83. The molecular weight excluding hydrogens is 394 g/mol. The van der Waals surface area contributed by atoms with Gasteiger partial charge in [0.1, 0.15) is 5.82 Å². The van der Waals surface area contributed by atoms with Crippen molar-refractivity contribution in [1.29, 1.82) is 0 Å². The lowest BCUT2D eigenvalue weighted by Crippen LogP contribution is -2.46. The van der Waals surface area contributed by atoms with Crippen LogP contribution in [0.4, 0.5) is 11.5 Å². The largest absolute Gasteiger partial charge is 0.369 e. The van der Waals surface area contributed by atoms with Gasteiger partial charge in [0, 0.05) is 57.9 Å². The van der Waals surface area contributed by atoms with E-state index in [4.69, 9.17) is 0 Å². The van der Waals surface area contributed by atoms with E-state index in [-0.39, 0.29) is 18.3 Å². The quantitative estimate of drug-likeness (QED) is 0.693. The third kappa shape index (κ3) is 5.59. The molecule has 2 aromatic heterocycles. The summed E-state index contributed by atoms with van der Waals surface area (Å²) >= 11 is 1.82. The van der Waals surface area contributed by atoms with Crippen LogP contribution in [0.1, 0.15) is 21.7 Å². The zero-order chi connectivity index (χ0) is 19.2. The fourth-order valence-corrected chi connectivity index (χ4v) is 4.11. The van der Waals surface area contributed by atoms with Crippen molar-refractivity contribution >= 4 is 41.2 Å². The van der Waals surface area contributed by atoms with Gasteiger partial charge >= 0.3 is 0 Å². The first kappa shape index (κ1) is 22.5. The highest BCUT2D eigenvalue weighted by Crippen LogP contribution is 2.26. The lowest BCUT2D eigenvalue weighted by atomic mass is 10.2. The number of hydrogen-bond acceptors (Lipinski definition) is 6. The summed E-state index contributed by atoms with van der Waals surface area (Å²) in [5, 5.41) is 5.51. The smallest absolute Gasteiger partial charge is 0.257 e. The Kier molecular flexibility index (Phi) is 8.54. The molecule has 3 heterocycles. The van der Waals surface area contributed by atoms with E-state index < -0.39 is 0 Å². The maximum Gasteiger partial charge on any atom is 0.257 e. The SMILES string of the molecule is Cc1sccc1N1CCN(CCCNc2ncccc2C(=O)N(C)C)CC1.Cl. The molecule has 0 unspecified atom stereocenters. The molecule has 2 aromatic rings. The first-order valence-corrected chi connectivity index (χ1v) is 10.4. The predicted molar refractivity (Wildman–Crippen MR) is 120 cm³/mol. The summed E-state index contributed by atoms with van der Waals surface area (Å²) in [4.78, 5) is 24.6. The number of pyridine rings is 1. The van der Waals surface area contributed by atoms with Gasteiger partial charge in [-0.25, -0.2) is 4.98 Å². The molecule has 1 aliphatic heterocycles. The number of carbonyl (C=O) groups excluding carboxylic acids is 1. The van der Waals surface area contributed by atoms with Crippen molar-refractivity contribution in [2.24, 2.45) is 0 Å². The first-order chi connectivity index (χ1) is 13.1. The number of amides is 1. The van der Waals surface area contributed by atoms with Gasteiger partial charge in [0.15, 0.2) is 0 Å². The Bertz CT molecular complexity index is 759. The van der Waals surface area contributed by atoms with E-state index in [1.54, 1.807) is 31.3 Å². The van der Waals surface area contributed by atoms with Crippen molar-refractivity contribution in [2.45, 2.75) is 13.3 Å². The number of rotatable bonds is 7. The van der Waals surface area contributed by atoms with Gasteiger partial charge in [-0.2, -0.15) is 0 Å². The molecule has 0 spiro atoms. The van der Waals surface area contributed by atoms with Crippen molar-refractivity contribution in [3.05, 3.63) is 40.2 Å². The Morgan fingerprint density at radius 3 is 2.64 bits per heavy atom. The number of hydrogen-bond donors (Lipinski definition) is 1. The number of aromatic nitrogens is 1. The minimum atomic E-state index is -0.0227. The Labute approximate surface area is 178 Å². The van der Waals surface area contributed by atoms with Crippen molar-refractivity contribution in [2.75, 3.05) is 63.6 Å². The Morgan fingerprint density at radius 1 is 1.25 bits per heavy atom. The van der Waals surface area contributed by atoms with Crippen LogP contribution in [0.25, 0.3) is 0 Å². The minimum Gasteiger partial charge on any atom is -0.369 e. The fraction of sp³-hybridized carbons (Fsp3) is 0.500. The maximum absolute atomic E-state index is 12.2. The summed E-state index contributed by atoms with van der Waals surface area (Å²) in [6, 6.07) is 5.86. The molecule has 0 saturated carbocycles. The van der Waals surface area contributed by atoms with Crippen LogP contribution in [0.2, 0.25) is 0 Å². The summed E-state index contributed by atoms with van der Waals surface area (Å²) in [7, 11) is 3.52. The molecule has 1 N–H and O–H groups in total. The molecule has 3 rings (SSSR count). The zero-order valence-corrected chi connectivity index (χ0v) is 18.5. The zero-order valence-electron chi connectivity index (χ0n) is 16.9. The Morgan fingerprint density at radius 2 is 2.00 bits per heavy atom. The van der Waals surface area contributed by atoms with Crippen LogP contribution in [0, 0.1) is 6.92 Å². The average molecular weight is 424 g/mol. The van der Waals surface area contributed by atoms with Gasteiger partial charge in [-0.15, -0.1) is 23.7 Å². The number of halogens is 1. The summed E-state index contributed by atoms with van der Waals surface area (Å²) < 4.78 is 0. The van der Waals surface area contributed by atoms with Gasteiger partial charge in [0.25, 0.3) is 5.91 Å². The molecule has 0 aromatic carbocycles. The number of nitrogens with one attached hydrogen (secondary N) is 1. The molecule has 28 heavy (non-hydrogen) atoms. The molecule has 1 amide bonds. The van der Waals surface area contributed by atoms with Gasteiger partial charge in [0.05, 0.1) is 11.3 Å². The third-order valence-corrected chi connectivity index (χ3v) is 5.77. The molecule has 1 fully saturated rings. The van der Waals surface area contributed by atoms with Crippen molar-refractivity contribution in [3.63, 3.8) is 0 Å². The van der Waals surface area contributed by atoms with Crippen molar-refractivity contribution in [3.8, 4) is 0 Å². The topological polar surface area (TPSA) is 51.7 Å². The van der Waals surface area contributed by atoms with Crippen LogP contribution in [-0.4, -0.2) is 74.1 Å². The highest BCUT2D eigenvalue weighted by atomic mass is 35.5. The molecule has 0 bridgehead atoms. The van der Waals surface area contributed by atoms with Crippen LogP contribution in [0.5, 0.6) is 0 Å². The number of nitrogens with zero attached hydrogens (tertiary/aromatic N) is 4. The van der Waals surface area contributed by atoms with Gasteiger partial charge in [-0.1, -0.05) is 0 Å². The van der Waals surface area contributed by atoms with Crippen LogP contribution in [0.15, 0.2) is 29.8 Å². The summed E-state index contributed by atoms with van der Waals surface area (Å²) in [5.74, 6) is 0.652. The standard InChI is InChI=1S/C20H29N5OS.ClH/c1-16-18(7-15-27-16)25-13-11-24(12-14-25)10-5-9-22-19-17(6-4-8-21-19)20(26)23(2)3;/h4,6-8,15H,5,9-14H2,1-3H3,(H,21,22);1H. The molecule has 6 nitrogen and oxygen atoms in total. The lowest BCUT2D eigenvalue weighted by Gasteiger charge is -2.36. The van der Waals surface area contributed by atoms with Crippen LogP contribution < -0.4 is 10.2 Å². The molecule has 1 saturated heterocycles. The second kappa shape index (κ2) is 10.6. The lowest BCUT2D eigenvalue weighted by molar-refractivity contribution is 0.0828. The third-order valence-electron chi connectivity index (χ3n) is 4.93. The number of carbonyl (C=O) groups is 1. The molecular formula is C20H30ClN5OS. The molecule has 0 radical (unpaired) electrons. The van der Waals surface area contributed by atoms with Gasteiger partial charge in [0.2, 0.25) is 0 Å². The van der Waals surface area contributed by atoms with E-state index in [0.29, 0.717) is 11.4 Å². The van der Waals surface area contributed by atoms with E-state index in [0.717, 1.165) is 45.7 Å². The highest BCUT2D eigenvalue weighted by Gasteiger charge is 2.18. The summed E-state index contributed by atoms with van der Waals surface area (Å²) in [5.41, 5.74) is 2.02. The summed E-state index contributed by atoms with van der Waals surface area (Å²) in [6.45, 7) is 8.46. The number of thiophene rings is 1. The van der Waals surface area contributed by atoms with E-state index in [1.165, 1.54) is 10.6 Å². The first-order valence-electron chi connectivity index (χ1n) is 9.48. The van der Waals surface area contributed by atoms with Gasteiger partial charge < -0.3 is 15.1 Å². The number of anilines is 2. The van der Waals surface area contributed by atoms with Gasteiger partial charge in [-0.3, -0.25) is 9.69 Å². The normalized spacial score (nSPS) is 14.5. The average Bonchev–Trinajstić information content (AvgIpc) is 3.11. The Balaban J connectivity index is 0.00000280. The monoisotopic (exact) mass is 423 g/mol. The van der Waals surface area contributed by atoms with E-state index >= 15 is 0 Å². The van der Waals surface area contributed by atoms with Crippen molar-refractivity contribution in [1.82, 2.24) is 14.8 Å². The van der Waals surface area contributed by atoms with Crippen LogP contribution >= 0.6 is 23.7 Å². The summed E-state index contributed by atoms with van der Waals surface area (Å²) in [6.07, 6.45) is 2.75. The highest BCUT2D eigenvalue weighted by molar-refractivity contribution is 7.10. The molecule has 154 valence electrons. The molecule has 0 atom stereocenters.